The number of allylic oxidation sites excluding steroid dienone is 1. The number of ketones is 1. The molecule has 0 aromatic rings. The van der Waals surface area contributed by atoms with E-state index in [1.807, 2.05) is 0 Å². The van der Waals surface area contributed by atoms with Crippen molar-refractivity contribution in [3.63, 3.8) is 0 Å². The average molecular weight is 1730 g/mol. The summed E-state index contributed by atoms with van der Waals surface area (Å²) >= 11 is 0. The Balaban J connectivity index is -0.0000000735. The zero-order valence-corrected chi connectivity index (χ0v) is 94.2. The van der Waals surface area contributed by atoms with Gasteiger partial charge in [0.05, 0.1) is 13.2 Å². The van der Waals surface area contributed by atoms with Gasteiger partial charge in [0.25, 0.3) is 0 Å². The fourth-order valence-electron chi connectivity index (χ4n) is 12.5. The van der Waals surface area contributed by atoms with Crippen LogP contribution >= 0.6 is 0 Å². The standard InChI is InChI=1S/C16H34O.C10H20.C9H21N.2C9H20.C8H18.3C7H16.2C6H14.2C5H12.C4H5O.C4H10.Y/c1-7-15(8-2,9-3)13-17-14-16(10-4,11-5)12-6;1-3-9-5-7-10(4-2)8-6-9;1-4-7-10(8-5-2)9-6-3;2*1-5-9(6-2,7-3)8-4;1-3-5-7-8-6-4-2;1-5-7(3,4)6-2;2*1-3-5-7-6-4-2;1-4-6(3)5-2;1-3-5-6-4-2;1-4-5(2)3;1-3-5-4-2;1-3-4(2)5;1-3-4-2;/h7-14H2,1-6H3;9-10H,3-8H2,1-2H3;4-9H2,1-3H3;2*5-8H2,1-4H3;3-8H2,1-2H3;5-6H2,1-4H3;2*3-7H2,1-2H3;6H,4-5H2,1-3H3;3-6H2,1-2H3;5H,4H2,1-3H3;3-5H2,1-2H3;1H2,2H3;3-4H2,1-2H3;/q;;;;;;;;;;;;;-1;;. The summed E-state index contributed by atoms with van der Waals surface area (Å²) < 4.78 is 6.11. The minimum atomic E-state index is -0.106. The van der Waals surface area contributed by atoms with Gasteiger partial charge in [-0.15, -0.1) is 0 Å². The first-order chi connectivity index (χ1) is 54.7. The van der Waals surface area contributed by atoms with E-state index >= 15 is 0 Å². The molecule has 0 aliphatic heterocycles. The Kier molecular flexibility index (Phi) is 167. The Hall–Kier alpha value is 0.434. The van der Waals surface area contributed by atoms with Crippen LogP contribution in [0.2, 0.25) is 0 Å². The topological polar surface area (TPSA) is 29.5 Å². The maximum absolute atomic E-state index is 9.64. The number of hydrogen-bond acceptors (Lipinski definition) is 3. The molecule has 0 bridgehead atoms. The van der Waals surface area contributed by atoms with Gasteiger partial charge in [-0.1, -0.05) is 566 Å². The number of nitrogens with zero attached hydrogens (tertiary/aromatic N) is 1. The summed E-state index contributed by atoms with van der Waals surface area (Å²) in [5.74, 6) is 3.86. The third-order valence-corrected chi connectivity index (χ3v) is 26.5. The van der Waals surface area contributed by atoms with Gasteiger partial charge in [0, 0.05) is 32.7 Å². The van der Waals surface area contributed by atoms with Gasteiger partial charge in [0.15, 0.2) is 0 Å². The van der Waals surface area contributed by atoms with Crippen molar-refractivity contribution in [3.8, 4) is 0 Å². The van der Waals surface area contributed by atoms with Gasteiger partial charge in [-0.3, -0.25) is 6.58 Å². The first-order valence-corrected chi connectivity index (χ1v) is 53.1. The van der Waals surface area contributed by atoms with E-state index in [1.54, 1.807) is 0 Å². The number of carbonyl (C=O) groups is 1. The molecule has 0 unspecified atom stereocenters. The van der Waals surface area contributed by atoms with E-state index in [4.69, 9.17) is 4.74 Å². The van der Waals surface area contributed by atoms with Crippen LogP contribution in [0.5, 0.6) is 0 Å². The Morgan fingerprint density at radius 3 is 0.595 bits per heavy atom. The molecule has 0 aromatic carbocycles. The molecule has 1 rings (SSSR count). The summed E-state index contributed by atoms with van der Waals surface area (Å²) in [4.78, 5) is 12.2. The van der Waals surface area contributed by atoms with Crippen LogP contribution in [0.3, 0.4) is 0 Å². The first-order valence-electron chi connectivity index (χ1n) is 53.1. The van der Waals surface area contributed by atoms with Crippen molar-refractivity contribution in [2.75, 3.05) is 32.8 Å². The van der Waals surface area contributed by atoms with Gasteiger partial charge < -0.3 is 20.5 Å². The van der Waals surface area contributed by atoms with Crippen molar-refractivity contribution in [2.24, 2.45) is 50.7 Å². The van der Waals surface area contributed by atoms with E-state index in [2.05, 4.69) is 301 Å². The third kappa shape index (κ3) is 130. The van der Waals surface area contributed by atoms with Gasteiger partial charge in [-0.05, 0) is 141 Å². The first kappa shape index (κ1) is 151. The summed E-state index contributed by atoms with van der Waals surface area (Å²) in [5, 5.41) is 0. The van der Waals surface area contributed by atoms with Gasteiger partial charge in [-0.25, -0.2) is 0 Å². The largest absolute Gasteiger partial charge is 0.435 e. The van der Waals surface area contributed by atoms with Crippen molar-refractivity contribution in [1.82, 2.24) is 4.90 Å². The fourth-order valence-corrected chi connectivity index (χ4v) is 12.5. The van der Waals surface area contributed by atoms with Crippen LogP contribution in [0.4, 0.5) is 0 Å². The van der Waals surface area contributed by atoms with E-state index in [9.17, 15) is 4.79 Å². The Labute approximate surface area is 774 Å². The molecule has 0 N–H and O–H groups in total. The number of hydrogen-bond donors (Lipinski definition) is 0. The second kappa shape index (κ2) is 129. The molecule has 0 amide bonds. The van der Waals surface area contributed by atoms with E-state index in [1.165, 1.54) is 367 Å². The van der Waals surface area contributed by atoms with Gasteiger partial charge in [0.1, 0.15) is 0 Å². The Morgan fingerprint density at radius 2 is 0.500 bits per heavy atom. The van der Waals surface area contributed by atoms with Crippen LogP contribution in [0.25, 0.3) is 0 Å². The van der Waals surface area contributed by atoms with Crippen LogP contribution < -0.4 is 0 Å². The van der Waals surface area contributed by atoms with Gasteiger partial charge in [-0.2, -0.15) is 0 Å². The third-order valence-electron chi connectivity index (χ3n) is 26.5. The molecule has 1 saturated carbocycles. The quantitative estimate of drug-likeness (QED) is 0.0345. The predicted octanol–water partition coefficient (Wildman–Crippen LogP) is 42.6. The number of Topliss-reactive ketones (excluding diaryl/α,β-unsaturated/α-hetero) is 1. The van der Waals surface area contributed by atoms with Crippen molar-refractivity contribution in [3.05, 3.63) is 12.7 Å². The molecule has 1 aliphatic rings. The van der Waals surface area contributed by atoms with Crippen molar-refractivity contribution in [1.29, 1.82) is 0 Å². The molecular weight excluding hydrogens is 1480 g/mol. The summed E-state index contributed by atoms with van der Waals surface area (Å²) in [5.41, 5.74) is 2.75. The fraction of sp³-hybridized carbons (Fsp3) is 0.973. The molecule has 0 aromatic heterocycles. The molecule has 4 heteroatoms. The normalized spacial score (nSPS) is 12.5. The number of rotatable bonds is 51. The van der Waals surface area contributed by atoms with Crippen molar-refractivity contribution < 1.29 is 42.2 Å². The second-order valence-electron chi connectivity index (χ2n) is 35.9. The molecule has 0 atom stereocenters. The second-order valence-corrected chi connectivity index (χ2v) is 35.9. The summed E-state index contributed by atoms with van der Waals surface area (Å²) in [6.07, 6.45) is 74.3. The van der Waals surface area contributed by atoms with Gasteiger partial charge in [0.2, 0.25) is 0 Å². The predicted molar refractivity (Wildman–Crippen MR) is 550 cm³/mol. The Morgan fingerprint density at radius 1 is 0.310 bits per heavy atom. The molecule has 3 nitrogen and oxygen atoms in total. The molecule has 0 spiro atoms. The van der Waals surface area contributed by atoms with E-state index in [0.717, 1.165) is 36.9 Å². The molecule has 116 heavy (non-hydrogen) atoms. The maximum Gasteiger partial charge on any atom is 0.0522 e. The number of ether oxygens (including phenoxy) is 1. The number of unbranched alkanes of at least 4 members (excludes halogenated alkanes) is 19. The zero-order valence-electron chi connectivity index (χ0n) is 91.4. The van der Waals surface area contributed by atoms with E-state index < -0.39 is 0 Å². The summed E-state index contributed by atoms with van der Waals surface area (Å²) in [7, 11) is 0. The SMILES string of the molecule is C=[C-]C(C)=O.CCC(C)(C)CC.CCC(C)C.CCC(C)CC.CCC(CC)(CC)CC.CCC(CC)(CC)CC.CCC(CC)(CC)COCC(CC)(CC)CC.CCC1CCC(CC)CC1.CCCC.CCCCC.CCCCCC.CCCCCCC.CCCCCCC.CCCCCCCC.CCCN(CCC)CCC.[Y]. The molecule has 0 heterocycles. The minimum Gasteiger partial charge on any atom is -0.435 e. The van der Waals surface area contributed by atoms with E-state index in [-0.39, 0.29) is 38.5 Å². The molecular formula is C112H248NO2Y-. The average Bonchev–Trinajstić information content (AvgIpc) is 0.870. The molecule has 1 fully saturated rings. The maximum atomic E-state index is 9.64. The minimum absolute atomic E-state index is 0. The monoisotopic (exact) mass is 1730 g/mol. The number of carbonyl (C=O) groups excluding carboxylic acids is 1. The summed E-state index contributed by atoms with van der Waals surface area (Å²) in [6, 6.07) is 0. The zero-order chi connectivity index (χ0) is 92.4. The van der Waals surface area contributed by atoms with E-state index in [0.29, 0.717) is 27.1 Å². The molecule has 0 saturated heterocycles. The van der Waals surface area contributed by atoms with Gasteiger partial charge >= 0.3 is 0 Å². The molecule has 1 radical (unpaired) electrons. The molecule has 1 aliphatic carbocycles. The van der Waals surface area contributed by atoms with Crippen LogP contribution in [0, 0.1) is 56.8 Å². The molecule has 717 valence electrons. The van der Waals surface area contributed by atoms with Crippen LogP contribution in [-0.2, 0) is 42.2 Å². The summed E-state index contributed by atoms with van der Waals surface area (Å²) in [6.45, 7) is 103. The van der Waals surface area contributed by atoms with Crippen molar-refractivity contribution >= 4 is 5.78 Å². The van der Waals surface area contributed by atoms with Crippen LogP contribution in [-0.4, -0.2) is 43.5 Å². The Bertz CT molecular complexity index is 1370. The van der Waals surface area contributed by atoms with Crippen LogP contribution in [0.15, 0.2) is 6.58 Å². The smallest absolute Gasteiger partial charge is 0.0522 e. The van der Waals surface area contributed by atoms with Crippen molar-refractivity contribution in [2.45, 2.75) is 631 Å². The van der Waals surface area contributed by atoms with Crippen LogP contribution in [0.1, 0.15) is 631 Å².